The number of hydrogen-bond donors (Lipinski definition) is 3. The van der Waals surface area contributed by atoms with E-state index >= 15 is 0 Å². The molecule has 3 N–H and O–H groups in total. The molecule has 1 aromatic carbocycles. The first-order valence-corrected chi connectivity index (χ1v) is 9.17. The van der Waals surface area contributed by atoms with E-state index < -0.39 is 12.0 Å². The minimum Gasteiger partial charge on any atom is -0.492 e. The van der Waals surface area contributed by atoms with E-state index in [1.807, 2.05) is 42.5 Å². The molecule has 2 heterocycles. The van der Waals surface area contributed by atoms with Crippen molar-refractivity contribution in [3.05, 3.63) is 66.0 Å². The van der Waals surface area contributed by atoms with Gasteiger partial charge in [0.05, 0.1) is 24.2 Å². The van der Waals surface area contributed by atoms with Gasteiger partial charge in [0.15, 0.2) is 0 Å². The Kier molecular flexibility index (Phi) is 6.57. The standard InChI is InChI=1S/C21H22N4O4/c1-14(26)24-20(21(27)28)12-16-4-2-15(3-5-16)9-11-29-17-6-7-18(22-13-17)19-8-10-23-25-19/h2-8,10,13,20H,9,11-12H2,1H3,(H,23,25)(H,24,26)(H,27,28)/t20-/m1/s1. The highest BCUT2D eigenvalue weighted by Crippen LogP contribution is 2.17. The Hall–Kier alpha value is -3.68. The fraction of sp³-hybridized carbons (Fsp3) is 0.238. The number of carbonyl (C=O) groups excluding carboxylic acids is 1. The van der Waals surface area contributed by atoms with Crippen LogP contribution in [0, 0.1) is 0 Å². The Balaban J connectivity index is 1.48. The van der Waals surface area contributed by atoms with Crippen LogP contribution in [-0.4, -0.2) is 44.8 Å². The molecule has 1 atom stereocenters. The number of benzene rings is 1. The molecule has 8 nitrogen and oxygen atoms in total. The minimum absolute atomic E-state index is 0.236. The van der Waals surface area contributed by atoms with Gasteiger partial charge in [-0.25, -0.2) is 4.79 Å². The summed E-state index contributed by atoms with van der Waals surface area (Å²) in [4.78, 5) is 26.7. The number of nitrogens with one attached hydrogen (secondary N) is 2. The van der Waals surface area contributed by atoms with Gasteiger partial charge in [-0.2, -0.15) is 5.10 Å². The van der Waals surface area contributed by atoms with Crippen molar-refractivity contribution < 1.29 is 19.4 Å². The van der Waals surface area contributed by atoms with E-state index in [0.29, 0.717) is 18.8 Å². The molecular formula is C21H22N4O4. The molecule has 3 aromatic rings. The number of aromatic amines is 1. The maximum atomic E-state index is 11.2. The van der Waals surface area contributed by atoms with Crippen LogP contribution in [0.3, 0.4) is 0 Å². The zero-order chi connectivity index (χ0) is 20.6. The predicted octanol–water partition coefficient (Wildman–Crippen LogP) is 2.22. The molecule has 0 spiro atoms. The lowest BCUT2D eigenvalue weighted by Crippen LogP contribution is -2.41. The Morgan fingerprint density at radius 3 is 2.48 bits per heavy atom. The molecule has 0 bridgehead atoms. The van der Waals surface area contributed by atoms with Crippen molar-refractivity contribution in [2.75, 3.05) is 6.61 Å². The van der Waals surface area contributed by atoms with E-state index in [1.54, 1.807) is 12.4 Å². The van der Waals surface area contributed by atoms with Crippen molar-refractivity contribution in [3.8, 4) is 17.1 Å². The topological polar surface area (TPSA) is 117 Å². The number of carbonyl (C=O) groups is 2. The van der Waals surface area contributed by atoms with Gasteiger partial charge in [-0.1, -0.05) is 24.3 Å². The summed E-state index contributed by atoms with van der Waals surface area (Å²) in [6, 6.07) is 12.3. The van der Waals surface area contributed by atoms with Crippen LogP contribution in [0.2, 0.25) is 0 Å². The lowest BCUT2D eigenvalue weighted by atomic mass is 10.0. The van der Waals surface area contributed by atoms with Crippen molar-refractivity contribution in [2.24, 2.45) is 0 Å². The minimum atomic E-state index is -1.05. The molecule has 0 radical (unpaired) electrons. The first-order valence-electron chi connectivity index (χ1n) is 9.17. The van der Waals surface area contributed by atoms with E-state index in [0.717, 1.165) is 22.5 Å². The smallest absolute Gasteiger partial charge is 0.326 e. The van der Waals surface area contributed by atoms with Gasteiger partial charge in [0.1, 0.15) is 11.8 Å². The Bertz CT molecular complexity index is 938. The van der Waals surface area contributed by atoms with Crippen LogP contribution >= 0.6 is 0 Å². The second-order valence-electron chi connectivity index (χ2n) is 6.56. The monoisotopic (exact) mass is 394 g/mol. The number of pyridine rings is 1. The van der Waals surface area contributed by atoms with Gasteiger partial charge in [-0.15, -0.1) is 0 Å². The highest BCUT2D eigenvalue weighted by atomic mass is 16.5. The predicted molar refractivity (Wildman–Crippen MR) is 106 cm³/mol. The average Bonchev–Trinajstić information content (AvgIpc) is 3.24. The highest BCUT2D eigenvalue weighted by molar-refractivity contribution is 5.82. The molecule has 29 heavy (non-hydrogen) atoms. The highest BCUT2D eigenvalue weighted by Gasteiger charge is 2.18. The molecule has 0 saturated heterocycles. The van der Waals surface area contributed by atoms with E-state index in [-0.39, 0.29) is 12.3 Å². The summed E-state index contributed by atoms with van der Waals surface area (Å²) in [5.41, 5.74) is 3.56. The van der Waals surface area contributed by atoms with Crippen LogP contribution in [0.5, 0.6) is 5.75 Å². The van der Waals surface area contributed by atoms with Gasteiger partial charge in [0.25, 0.3) is 0 Å². The van der Waals surface area contributed by atoms with Gasteiger partial charge in [-0.05, 0) is 29.3 Å². The fourth-order valence-corrected chi connectivity index (χ4v) is 2.83. The molecule has 150 valence electrons. The second kappa shape index (κ2) is 9.50. The maximum absolute atomic E-state index is 11.2. The Morgan fingerprint density at radius 1 is 1.14 bits per heavy atom. The molecule has 0 aliphatic carbocycles. The SMILES string of the molecule is CC(=O)N[C@H](Cc1ccc(CCOc2ccc(-c3ccn[nH]3)nc2)cc1)C(=O)O. The lowest BCUT2D eigenvalue weighted by Gasteiger charge is -2.13. The van der Waals surface area contributed by atoms with Gasteiger partial charge < -0.3 is 15.2 Å². The molecule has 1 amide bonds. The number of carboxylic acids is 1. The molecule has 2 aromatic heterocycles. The third kappa shape index (κ3) is 5.90. The van der Waals surface area contributed by atoms with Crippen LogP contribution < -0.4 is 10.1 Å². The van der Waals surface area contributed by atoms with E-state index in [1.165, 1.54) is 6.92 Å². The van der Waals surface area contributed by atoms with Crippen LogP contribution in [0.1, 0.15) is 18.1 Å². The number of amides is 1. The first kappa shape index (κ1) is 20.1. The van der Waals surface area contributed by atoms with Gasteiger partial charge >= 0.3 is 5.97 Å². The zero-order valence-electron chi connectivity index (χ0n) is 16.0. The largest absolute Gasteiger partial charge is 0.492 e. The third-order valence-corrected chi connectivity index (χ3v) is 4.31. The average molecular weight is 394 g/mol. The third-order valence-electron chi connectivity index (χ3n) is 4.31. The number of nitrogens with zero attached hydrogens (tertiary/aromatic N) is 2. The van der Waals surface area contributed by atoms with Crippen molar-refractivity contribution in [2.45, 2.75) is 25.8 Å². The Morgan fingerprint density at radius 2 is 1.90 bits per heavy atom. The second-order valence-corrected chi connectivity index (χ2v) is 6.56. The number of carboxylic acid groups (broad SMARTS) is 1. The number of hydrogen-bond acceptors (Lipinski definition) is 5. The van der Waals surface area contributed by atoms with Crippen LogP contribution in [0.15, 0.2) is 54.9 Å². The molecule has 0 saturated carbocycles. The fourth-order valence-electron chi connectivity index (χ4n) is 2.83. The number of ether oxygens (including phenoxy) is 1. The van der Waals surface area contributed by atoms with Crippen molar-refractivity contribution in [3.63, 3.8) is 0 Å². The maximum Gasteiger partial charge on any atom is 0.326 e. The summed E-state index contributed by atoms with van der Waals surface area (Å²) in [6.07, 6.45) is 4.29. The van der Waals surface area contributed by atoms with Crippen molar-refractivity contribution in [1.82, 2.24) is 20.5 Å². The molecule has 8 heteroatoms. The summed E-state index contributed by atoms with van der Waals surface area (Å²) in [5.74, 6) is -0.729. The number of H-pyrrole nitrogens is 1. The van der Waals surface area contributed by atoms with Gasteiger partial charge in [0.2, 0.25) is 5.91 Å². The summed E-state index contributed by atoms with van der Waals surface area (Å²) >= 11 is 0. The van der Waals surface area contributed by atoms with Crippen LogP contribution in [-0.2, 0) is 22.4 Å². The number of aromatic nitrogens is 3. The normalized spacial score (nSPS) is 11.6. The van der Waals surface area contributed by atoms with Crippen LogP contribution in [0.4, 0.5) is 0 Å². The quantitative estimate of drug-likeness (QED) is 0.512. The van der Waals surface area contributed by atoms with E-state index in [9.17, 15) is 14.7 Å². The molecule has 0 unspecified atom stereocenters. The van der Waals surface area contributed by atoms with Crippen LogP contribution in [0.25, 0.3) is 11.4 Å². The zero-order valence-corrected chi connectivity index (χ0v) is 16.0. The molecule has 3 rings (SSSR count). The van der Waals surface area contributed by atoms with Gasteiger partial charge in [0, 0.05) is 26.0 Å². The summed E-state index contributed by atoms with van der Waals surface area (Å²) in [6.45, 7) is 1.80. The van der Waals surface area contributed by atoms with E-state index in [4.69, 9.17) is 4.74 Å². The lowest BCUT2D eigenvalue weighted by molar-refractivity contribution is -0.141. The molecule has 0 aliphatic rings. The number of aliphatic carboxylic acids is 1. The summed E-state index contributed by atoms with van der Waals surface area (Å²) < 4.78 is 5.74. The summed E-state index contributed by atoms with van der Waals surface area (Å²) in [5, 5.41) is 18.4. The molecule has 0 aliphatic heterocycles. The van der Waals surface area contributed by atoms with Crippen molar-refractivity contribution in [1.29, 1.82) is 0 Å². The molecule has 0 fully saturated rings. The van der Waals surface area contributed by atoms with E-state index in [2.05, 4.69) is 20.5 Å². The Labute approximate surface area is 167 Å². The molecular weight excluding hydrogens is 372 g/mol. The van der Waals surface area contributed by atoms with Gasteiger partial charge in [-0.3, -0.25) is 14.9 Å². The number of rotatable bonds is 9. The van der Waals surface area contributed by atoms with Crippen molar-refractivity contribution >= 4 is 11.9 Å². The first-order chi connectivity index (χ1) is 14.0. The summed E-state index contributed by atoms with van der Waals surface area (Å²) in [7, 11) is 0.